The molecule has 2 rings (SSSR count). The molecule has 1 aromatic carbocycles. The third-order valence-corrected chi connectivity index (χ3v) is 5.02. The van der Waals surface area contributed by atoms with Crippen molar-refractivity contribution >= 4 is 26.8 Å². The van der Waals surface area contributed by atoms with Crippen molar-refractivity contribution in [1.29, 1.82) is 0 Å². The Morgan fingerprint density at radius 3 is 2.67 bits per heavy atom. The first-order valence-corrected chi connectivity index (χ1v) is 9.89. The molecular formula is C17H25N3O3S. The maximum Gasteiger partial charge on any atom is 0.224 e. The molecule has 0 spiro atoms. The Balaban J connectivity index is 1.88. The van der Waals surface area contributed by atoms with Crippen LogP contribution in [0.15, 0.2) is 30.5 Å². The predicted octanol–water partition coefficient (Wildman–Crippen LogP) is 1.74. The fourth-order valence-corrected chi connectivity index (χ4v) is 3.63. The van der Waals surface area contributed by atoms with Crippen molar-refractivity contribution in [3.8, 4) is 0 Å². The molecule has 1 heterocycles. The number of hydrogen-bond donors (Lipinski definition) is 2. The van der Waals surface area contributed by atoms with Crippen LogP contribution in [0, 0.1) is 5.92 Å². The number of para-hydroxylation sites is 1. The quantitative estimate of drug-likeness (QED) is 0.760. The lowest BCUT2D eigenvalue weighted by molar-refractivity contribution is -0.120. The molecule has 0 unspecified atom stereocenters. The summed E-state index contributed by atoms with van der Waals surface area (Å²) in [6.07, 6.45) is 3.31. The van der Waals surface area contributed by atoms with E-state index in [-0.39, 0.29) is 24.8 Å². The number of hydrogen-bond acceptors (Lipinski definition) is 3. The van der Waals surface area contributed by atoms with Gasteiger partial charge in [-0.2, -0.15) is 0 Å². The van der Waals surface area contributed by atoms with E-state index in [1.54, 1.807) is 0 Å². The van der Waals surface area contributed by atoms with Crippen molar-refractivity contribution in [3.05, 3.63) is 36.0 Å². The smallest absolute Gasteiger partial charge is 0.224 e. The Morgan fingerprint density at radius 2 is 2.00 bits per heavy atom. The van der Waals surface area contributed by atoms with Crippen LogP contribution in [-0.2, 0) is 21.2 Å². The van der Waals surface area contributed by atoms with Gasteiger partial charge in [-0.3, -0.25) is 4.79 Å². The van der Waals surface area contributed by atoms with Gasteiger partial charge in [0.15, 0.2) is 0 Å². The topological polar surface area (TPSA) is 82.3 Å². The number of rotatable bonds is 8. The minimum atomic E-state index is -3.26. The van der Waals surface area contributed by atoms with Crippen molar-refractivity contribution in [2.24, 2.45) is 5.92 Å². The van der Waals surface area contributed by atoms with E-state index >= 15 is 0 Å². The zero-order valence-electron chi connectivity index (χ0n) is 14.4. The Kier molecular flexibility index (Phi) is 6.01. The van der Waals surface area contributed by atoms with E-state index in [4.69, 9.17) is 0 Å². The van der Waals surface area contributed by atoms with Gasteiger partial charge < -0.3 is 10.3 Å². The van der Waals surface area contributed by atoms with Gasteiger partial charge in [-0.25, -0.2) is 12.7 Å². The third-order valence-electron chi connectivity index (χ3n) is 3.75. The zero-order chi connectivity index (χ0) is 17.7. The number of sulfonamides is 1. The summed E-state index contributed by atoms with van der Waals surface area (Å²) in [5.41, 5.74) is 1.94. The number of amides is 1. The molecule has 24 heavy (non-hydrogen) atoms. The SMILES string of the molecule is CC(C)CN(CCNC(=O)Cc1c[nH]c2ccccc12)S(C)(=O)=O. The van der Waals surface area contributed by atoms with Gasteiger partial charge in [-0.05, 0) is 17.5 Å². The van der Waals surface area contributed by atoms with Crippen LogP contribution in [0.25, 0.3) is 10.9 Å². The summed E-state index contributed by atoms with van der Waals surface area (Å²) < 4.78 is 24.9. The number of benzene rings is 1. The number of aromatic amines is 1. The molecule has 0 fully saturated rings. The van der Waals surface area contributed by atoms with Crippen molar-refractivity contribution in [2.75, 3.05) is 25.9 Å². The molecule has 0 atom stereocenters. The first-order chi connectivity index (χ1) is 11.3. The van der Waals surface area contributed by atoms with Crippen LogP contribution in [0.1, 0.15) is 19.4 Å². The van der Waals surface area contributed by atoms with E-state index in [1.807, 2.05) is 44.3 Å². The second-order valence-corrected chi connectivity index (χ2v) is 8.38. The average molecular weight is 351 g/mol. The lowest BCUT2D eigenvalue weighted by Gasteiger charge is -2.22. The van der Waals surface area contributed by atoms with Gasteiger partial charge >= 0.3 is 0 Å². The highest BCUT2D eigenvalue weighted by atomic mass is 32.2. The van der Waals surface area contributed by atoms with Gasteiger partial charge in [-0.15, -0.1) is 0 Å². The van der Waals surface area contributed by atoms with Gasteiger partial charge in [-0.1, -0.05) is 32.0 Å². The summed E-state index contributed by atoms with van der Waals surface area (Å²) in [7, 11) is -3.26. The second-order valence-electron chi connectivity index (χ2n) is 6.40. The van der Waals surface area contributed by atoms with Crippen LogP contribution in [0.2, 0.25) is 0 Å². The molecule has 7 heteroatoms. The normalized spacial score (nSPS) is 12.2. The minimum absolute atomic E-state index is 0.113. The molecular weight excluding hydrogens is 326 g/mol. The zero-order valence-corrected chi connectivity index (χ0v) is 15.2. The van der Waals surface area contributed by atoms with E-state index in [0.29, 0.717) is 13.1 Å². The van der Waals surface area contributed by atoms with Gasteiger partial charge in [0.1, 0.15) is 0 Å². The van der Waals surface area contributed by atoms with Gasteiger partial charge in [0.2, 0.25) is 15.9 Å². The third kappa shape index (κ3) is 5.07. The number of carbonyl (C=O) groups excluding carboxylic acids is 1. The van der Waals surface area contributed by atoms with E-state index in [9.17, 15) is 13.2 Å². The lowest BCUT2D eigenvalue weighted by Crippen LogP contribution is -2.40. The Bertz CT molecular complexity index is 796. The maximum atomic E-state index is 12.1. The van der Waals surface area contributed by atoms with E-state index in [0.717, 1.165) is 16.5 Å². The van der Waals surface area contributed by atoms with E-state index < -0.39 is 10.0 Å². The number of nitrogens with one attached hydrogen (secondary N) is 2. The monoisotopic (exact) mass is 351 g/mol. The Hall–Kier alpha value is -1.86. The van der Waals surface area contributed by atoms with Crippen molar-refractivity contribution in [3.63, 3.8) is 0 Å². The number of fused-ring (bicyclic) bond motifs is 1. The summed E-state index contributed by atoms with van der Waals surface area (Å²) in [5, 5.41) is 3.84. The Labute approximate surface area is 143 Å². The van der Waals surface area contributed by atoms with Crippen molar-refractivity contribution < 1.29 is 13.2 Å². The summed E-state index contributed by atoms with van der Waals surface area (Å²) in [6.45, 7) is 4.98. The molecule has 0 aliphatic heterocycles. The van der Waals surface area contributed by atoms with Crippen LogP contribution >= 0.6 is 0 Å². The van der Waals surface area contributed by atoms with Crippen LogP contribution in [0.4, 0.5) is 0 Å². The van der Waals surface area contributed by atoms with Crippen LogP contribution in [0.5, 0.6) is 0 Å². The van der Waals surface area contributed by atoms with E-state index in [2.05, 4.69) is 10.3 Å². The van der Waals surface area contributed by atoms with E-state index in [1.165, 1.54) is 10.6 Å². The Morgan fingerprint density at radius 1 is 1.29 bits per heavy atom. The molecule has 132 valence electrons. The number of H-pyrrole nitrogens is 1. The van der Waals surface area contributed by atoms with Gasteiger partial charge in [0.25, 0.3) is 0 Å². The second kappa shape index (κ2) is 7.81. The largest absolute Gasteiger partial charge is 0.361 e. The minimum Gasteiger partial charge on any atom is -0.361 e. The van der Waals surface area contributed by atoms with Crippen LogP contribution in [0.3, 0.4) is 0 Å². The molecule has 0 saturated carbocycles. The summed E-state index contributed by atoms with van der Waals surface area (Å²) in [5.74, 6) is 0.124. The summed E-state index contributed by atoms with van der Waals surface area (Å²) >= 11 is 0. The molecule has 2 N–H and O–H groups in total. The highest BCUT2D eigenvalue weighted by molar-refractivity contribution is 7.88. The summed E-state index contributed by atoms with van der Waals surface area (Å²) in [4.78, 5) is 15.3. The molecule has 0 saturated heterocycles. The summed E-state index contributed by atoms with van der Waals surface area (Å²) in [6, 6.07) is 7.82. The molecule has 0 aliphatic carbocycles. The van der Waals surface area contributed by atoms with Crippen molar-refractivity contribution in [1.82, 2.24) is 14.6 Å². The average Bonchev–Trinajstić information content (AvgIpc) is 2.88. The standard InChI is InChI=1S/C17H25N3O3S/c1-13(2)12-20(24(3,22)23)9-8-18-17(21)10-14-11-19-16-7-5-4-6-15(14)16/h4-7,11,13,19H,8-10,12H2,1-3H3,(H,18,21). The molecule has 1 amide bonds. The first kappa shape index (κ1) is 18.5. The molecule has 0 radical (unpaired) electrons. The molecule has 1 aromatic heterocycles. The fraction of sp³-hybridized carbons (Fsp3) is 0.471. The highest BCUT2D eigenvalue weighted by Crippen LogP contribution is 2.17. The van der Waals surface area contributed by atoms with Gasteiger partial charge in [0, 0.05) is 36.7 Å². The molecule has 6 nitrogen and oxygen atoms in total. The lowest BCUT2D eigenvalue weighted by atomic mass is 10.1. The molecule has 0 aliphatic rings. The predicted molar refractivity (Wildman–Crippen MR) is 96.3 cm³/mol. The number of carbonyl (C=O) groups is 1. The van der Waals surface area contributed by atoms with Crippen molar-refractivity contribution in [2.45, 2.75) is 20.3 Å². The van der Waals surface area contributed by atoms with Gasteiger partial charge in [0.05, 0.1) is 12.7 Å². The maximum absolute atomic E-state index is 12.1. The highest BCUT2D eigenvalue weighted by Gasteiger charge is 2.17. The van der Waals surface area contributed by atoms with Crippen LogP contribution < -0.4 is 5.32 Å². The fourth-order valence-electron chi connectivity index (χ4n) is 2.63. The number of aromatic nitrogens is 1. The molecule has 2 aromatic rings. The number of nitrogens with zero attached hydrogens (tertiary/aromatic N) is 1. The van der Waals surface area contributed by atoms with Crippen LogP contribution in [-0.4, -0.2) is 49.5 Å². The molecule has 0 bridgehead atoms. The first-order valence-electron chi connectivity index (χ1n) is 8.04.